The van der Waals surface area contributed by atoms with E-state index in [2.05, 4.69) is 24.0 Å². The summed E-state index contributed by atoms with van der Waals surface area (Å²) in [6.45, 7) is 2.25. The van der Waals surface area contributed by atoms with Gasteiger partial charge in [-0.3, -0.25) is 4.90 Å². The lowest BCUT2D eigenvalue weighted by molar-refractivity contribution is 0.0623. The van der Waals surface area contributed by atoms with Gasteiger partial charge in [-0.1, -0.05) is 37.3 Å². The van der Waals surface area contributed by atoms with Crippen molar-refractivity contribution in [2.75, 3.05) is 20.7 Å². The van der Waals surface area contributed by atoms with E-state index < -0.39 is 0 Å². The summed E-state index contributed by atoms with van der Waals surface area (Å²) in [6.07, 6.45) is 0.903. The van der Waals surface area contributed by atoms with Crippen LogP contribution in [-0.4, -0.2) is 30.7 Å². The highest BCUT2D eigenvalue weighted by atomic mass is 35.5. The molecule has 0 fully saturated rings. The normalized spacial score (nSPS) is 14.5. The number of hydrogen-bond acceptors (Lipinski definition) is 2. The summed E-state index contributed by atoms with van der Waals surface area (Å²) in [7, 11) is 4.01. The second-order valence-corrected chi connectivity index (χ2v) is 3.80. The largest absolute Gasteiger partial charge is 0.394 e. The molecule has 0 aliphatic heterocycles. The van der Waals surface area contributed by atoms with E-state index in [4.69, 9.17) is 0 Å². The van der Waals surface area contributed by atoms with E-state index in [1.165, 1.54) is 5.56 Å². The predicted octanol–water partition coefficient (Wildman–Crippen LogP) is 2.27. The molecule has 1 N–H and O–H groups in total. The van der Waals surface area contributed by atoms with Crippen molar-refractivity contribution in [2.45, 2.75) is 18.9 Å². The predicted molar refractivity (Wildman–Crippen MR) is 66.4 cm³/mol. The van der Waals surface area contributed by atoms with E-state index in [0.717, 1.165) is 6.42 Å². The van der Waals surface area contributed by atoms with Gasteiger partial charge in [0.05, 0.1) is 12.1 Å². The zero-order valence-electron chi connectivity index (χ0n) is 9.60. The average Bonchev–Trinajstić information content (AvgIpc) is 2.22. The maximum Gasteiger partial charge on any atom is 0.0686 e. The number of nitrogens with zero attached hydrogens (tertiary/aromatic N) is 1. The van der Waals surface area contributed by atoms with Gasteiger partial charge in [0.25, 0.3) is 0 Å². The van der Waals surface area contributed by atoms with Crippen LogP contribution in [-0.2, 0) is 5.54 Å². The van der Waals surface area contributed by atoms with Crippen LogP contribution in [0.2, 0.25) is 0 Å². The molecule has 0 aliphatic rings. The molecule has 1 unspecified atom stereocenters. The van der Waals surface area contributed by atoms with Crippen LogP contribution in [0.25, 0.3) is 0 Å². The van der Waals surface area contributed by atoms with Gasteiger partial charge in [0, 0.05) is 0 Å². The molecule has 1 aromatic rings. The SMILES string of the molecule is CCC(CO)(c1ccccc1)N(C)C.Cl. The fourth-order valence-electron chi connectivity index (χ4n) is 1.87. The van der Waals surface area contributed by atoms with Gasteiger partial charge in [0.2, 0.25) is 0 Å². The monoisotopic (exact) mass is 229 g/mol. The summed E-state index contributed by atoms with van der Waals surface area (Å²) < 4.78 is 0. The van der Waals surface area contributed by atoms with Gasteiger partial charge in [0.1, 0.15) is 0 Å². The van der Waals surface area contributed by atoms with E-state index in [-0.39, 0.29) is 24.6 Å². The molecule has 0 saturated heterocycles. The highest BCUT2D eigenvalue weighted by Crippen LogP contribution is 2.29. The van der Waals surface area contributed by atoms with Crippen LogP contribution in [0.15, 0.2) is 30.3 Å². The Kier molecular flexibility index (Phi) is 5.88. The molecule has 2 nitrogen and oxygen atoms in total. The molecule has 0 saturated carbocycles. The first-order chi connectivity index (χ1) is 6.67. The van der Waals surface area contributed by atoms with Crippen LogP contribution in [0, 0.1) is 0 Å². The zero-order valence-corrected chi connectivity index (χ0v) is 10.4. The Labute approximate surface area is 98.3 Å². The third-order valence-electron chi connectivity index (χ3n) is 3.01. The topological polar surface area (TPSA) is 23.5 Å². The van der Waals surface area contributed by atoms with Gasteiger partial charge in [0.15, 0.2) is 0 Å². The molecule has 0 heterocycles. The van der Waals surface area contributed by atoms with Crippen molar-refractivity contribution in [1.82, 2.24) is 4.90 Å². The van der Waals surface area contributed by atoms with Gasteiger partial charge in [-0.15, -0.1) is 12.4 Å². The summed E-state index contributed by atoms with van der Waals surface area (Å²) in [5.74, 6) is 0. The van der Waals surface area contributed by atoms with E-state index >= 15 is 0 Å². The minimum Gasteiger partial charge on any atom is -0.394 e. The van der Waals surface area contributed by atoms with Crippen molar-refractivity contribution >= 4 is 12.4 Å². The first-order valence-corrected chi connectivity index (χ1v) is 5.01. The molecule has 1 rings (SSSR count). The highest BCUT2D eigenvalue weighted by molar-refractivity contribution is 5.85. The van der Waals surface area contributed by atoms with Gasteiger partial charge in [-0.05, 0) is 26.1 Å². The highest BCUT2D eigenvalue weighted by Gasteiger charge is 2.31. The molecule has 3 heteroatoms. The first-order valence-electron chi connectivity index (χ1n) is 5.01. The van der Waals surface area contributed by atoms with Gasteiger partial charge >= 0.3 is 0 Å². The standard InChI is InChI=1S/C12H19NO.ClH/c1-4-12(10-14,13(2)3)11-8-6-5-7-9-11;/h5-9,14H,4,10H2,1-3H3;1H. The number of benzene rings is 1. The molecule has 0 aliphatic carbocycles. The first kappa shape index (κ1) is 14.4. The van der Waals surface area contributed by atoms with Crippen molar-refractivity contribution in [3.63, 3.8) is 0 Å². The van der Waals surface area contributed by atoms with Crippen LogP contribution < -0.4 is 0 Å². The van der Waals surface area contributed by atoms with E-state index in [1.807, 2.05) is 32.3 Å². The molecule has 0 amide bonds. The number of aliphatic hydroxyl groups excluding tert-OH is 1. The molecule has 1 atom stereocenters. The molecule has 0 bridgehead atoms. The Bertz CT molecular complexity index is 270. The van der Waals surface area contributed by atoms with Crippen LogP contribution in [0.1, 0.15) is 18.9 Å². The minimum absolute atomic E-state index is 0. The minimum atomic E-state index is -0.235. The summed E-state index contributed by atoms with van der Waals surface area (Å²) in [5.41, 5.74) is 0.941. The van der Waals surface area contributed by atoms with Crippen molar-refractivity contribution < 1.29 is 5.11 Å². The lowest BCUT2D eigenvalue weighted by Gasteiger charge is -2.38. The van der Waals surface area contributed by atoms with E-state index in [0.29, 0.717) is 0 Å². The summed E-state index contributed by atoms with van der Waals surface area (Å²) in [4.78, 5) is 2.09. The zero-order chi connectivity index (χ0) is 10.6. The Balaban J connectivity index is 0.00000196. The van der Waals surface area contributed by atoms with Gasteiger partial charge < -0.3 is 5.11 Å². The van der Waals surface area contributed by atoms with Crippen LogP contribution >= 0.6 is 12.4 Å². The Morgan fingerprint density at radius 3 is 2.07 bits per heavy atom. The van der Waals surface area contributed by atoms with Crippen LogP contribution in [0.5, 0.6) is 0 Å². The van der Waals surface area contributed by atoms with E-state index in [1.54, 1.807) is 0 Å². The van der Waals surface area contributed by atoms with Crippen molar-refractivity contribution in [3.05, 3.63) is 35.9 Å². The Hall–Kier alpha value is -0.570. The van der Waals surface area contributed by atoms with E-state index in [9.17, 15) is 5.11 Å². The smallest absolute Gasteiger partial charge is 0.0686 e. The lowest BCUT2D eigenvalue weighted by Crippen LogP contribution is -2.44. The maximum absolute atomic E-state index is 9.56. The van der Waals surface area contributed by atoms with Gasteiger partial charge in [-0.25, -0.2) is 0 Å². The number of likely N-dealkylation sites (N-methyl/N-ethyl adjacent to an activating group) is 1. The summed E-state index contributed by atoms with van der Waals surface area (Å²) >= 11 is 0. The third kappa shape index (κ3) is 2.71. The Morgan fingerprint density at radius 2 is 1.73 bits per heavy atom. The number of hydrogen-bond donors (Lipinski definition) is 1. The molecular weight excluding hydrogens is 210 g/mol. The fraction of sp³-hybridized carbons (Fsp3) is 0.500. The van der Waals surface area contributed by atoms with Gasteiger partial charge in [-0.2, -0.15) is 0 Å². The maximum atomic E-state index is 9.56. The fourth-order valence-corrected chi connectivity index (χ4v) is 1.87. The number of rotatable bonds is 4. The molecule has 15 heavy (non-hydrogen) atoms. The van der Waals surface area contributed by atoms with Crippen molar-refractivity contribution in [3.8, 4) is 0 Å². The quantitative estimate of drug-likeness (QED) is 0.856. The molecule has 1 aromatic carbocycles. The molecule has 0 spiro atoms. The number of halogens is 1. The van der Waals surface area contributed by atoms with Crippen LogP contribution in [0.4, 0.5) is 0 Å². The number of aliphatic hydroxyl groups is 1. The van der Waals surface area contributed by atoms with Crippen LogP contribution in [0.3, 0.4) is 0 Å². The Morgan fingerprint density at radius 1 is 1.20 bits per heavy atom. The molecule has 0 aromatic heterocycles. The second kappa shape index (κ2) is 6.11. The van der Waals surface area contributed by atoms with Crippen molar-refractivity contribution in [2.24, 2.45) is 0 Å². The average molecular weight is 230 g/mol. The second-order valence-electron chi connectivity index (χ2n) is 3.80. The summed E-state index contributed by atoms with van der Waals surface area (Å²) in [6, 6.07) is 10.2. The summed E-state index contributed by atoms with van der Waals surface area (Å²) in [5, 5.41) is 9.56. The molecule has 86 valence electrons. The third-order valence-corrected chi connectivity index (χ3v) is 3.01. The van der Waals surface area contributed by atoms with Crippen molar-refractivity contribution in [1.29, 1.82) is 0 Å². The molecular formula is C12H20ClNO. The molecule has 0 radical (unpaired) electrons. The lowest BCUT2D eigenvalue weighted by atomic mass is 9.87.